The highest BCUT2D eigenvalue weighted by molar-refractivity contribution is 6.44. The molecule has 1 aliphatic rings. The Labute approximate surface area is 136 Å². The van der Waals surface area contributed by atoms with Crippen LogP contribution in [0.5, 0.6) is 0 Å². The number of halogens is 3. The first-order valence-electron chi connectivity index (χ1n) is 6.31. The molecule has 1 aliphatic carbocycles. The fourth-order valence-electron chi connectivity index (χ4n) is 2.30. The molecule has 0 bridgehead atoms. The summed E-state index contributed by atoms with van der Waals surface area (Å²) in [4.78, 5) is 22.8. The molecule has 0 spiro atoms. The lowest BCUT2D eigenvalue weighted by Crippen LogP contribution is -2.36. The third kappa shape index (κ3) is 4.15. The number of benzene rings is 1. The summed E-state index contributed by atoms with van der Waals surface area (Å²) in [6, 6.07) is 2.29. The number of carboxylic acids is 1. The predicted molar refractivity (Wildman–Crippen MR) is 82.4 cm³/mol. The molecule has 0 saturated heterocycles. The number of hydrogen-bond acceptors (Lipinski definition) is 2. The summed E-state index contributed by atoms with van der Waals surface area (Å²) in [5, 5.41) is 15.1. The van der Waals surface area contributed by atoms with Gasteiger partial charge in [0.15, 0.2) is 0 Å². The predicted octanol–water partition coefficient (Wildman–Crippen LogP) is 4.02. The van der Waals surface area contributed by atoms with Gasteiger partial charge in [-0.15, -0.1) is 0 Å². The molecule has 0 aliphatic heterocycles. The van der Waals surface area contributed by atoms with Gasteiger partial charge in [-0.25, -0.2) is 4.79 Å². The lowest BCUT2D eigenvalue weighted by atomic mass is 10.1. The maximum atomic E-state index is 11.9. The van der Waals surface area contributed by atoms with Gasteiger partial charge in [0.2, 0.25) is 0 Å². The van der Waals surface area contributed by atoms with Crippen LogP contribution in [-0.2, 0) is 4.79 Å². The number of hydrogen-bond donors (Lipinski definition) is 3. The molecular formula is C13H13Cl3N2O3. The van der Waals surface area contributed by atoms with Crippen molar-refractivity contribution in [3.63, 3.8) is 0 Å². The van der Waals surface area contributed by atoms with E-state index in [4.69, 9.17) is 39.9 Å². The van der Waals surface area contributed by atoms with Gasteiger partial charge in [0.25, 0.3) is 0 Å². The van der Waals surface area contributed by atoms with Crippen molar-refractivity contribution >= 4 is 52.5 Å². The summed E-state index contributed by atoms with van der Waals surface area (Å²) in [5.74, 6) is -1.23. The molecule has 5 nitrogen and oxygen atoms in total. The van der Waals surface area contributed by atoms with E-state index in [0.29, 0.717) is 30.0 Å². The molecule has 8 heteroatoms. The van der Waals surface area contributed by atoms with E-state index in [1.807, 2.05) is 0 Å². The van der Waals surface area contributed by atoms with Crippen LogP contribution in [0.1, 0.15) is 19.3 Å². The van der Waals surface area contributed by atoms with E-state index in [0.717, 1.165) is 0 Å². The standard InChI is InChI=1S/C13H13Cl3N2O3/c14-8-4-10(16)11(5-9(8)15)18-13(21)17-7-2-1-6(3-7)12(19)20/h4-7H,1-3H2,(H,19,20)(H2,17,18,21)/t6-,7+/m1/s1. The maximum Gasteiger partial charge on any atom is 0.319 e. The third-order valence-corrected chi connectivity index (χ3v) is 4.41. The summed E-state index contributed by atoms with van der Waals surface area (Å²) in [6.07, 6.45) is 1.63. The van der Waals surface area contributed by atoms with Crippen LogP contribution >= 0.6 is 34.8 Å². The summed E-state index contributed by atoms with van der Waals surface area (Å²) < 4.78 is 0. The third-order valence-electron chi connectivity index (χ3n) is 3.38. The number of nitrogens with one attached hydrogen (secondary N) is 2. The Hall–Kier alpha value is -1.17. The molecule has 2 amide bonds. The van der Waals surface area contributed by atoms with E-state index >= 15 is 0 Å². The van der Waals surface area contributed by atoms with E-state index in [9.17, 15) is 9.59 Å². The van der Waals surface area contributed by atoms with Gasteiger partial charge in [0.05, 0.1) is 26.7 Å². The Morgan fingerprint density at radius 2 is 1.76 bits per heavy atom. The van der Waals surface area contributed by atoms with Crippen molar-refractivity contribution in [2.75, 3.05) is 5.32 Å². The quantitative estimate of drug-likeness (QED) is 0.720. The van der Waals surface area contributed by atoms with Crippen LogP contribution in [0.4, 0.5) is 10.5 Å². The van der Waals surface area contributed by atoms with Crippen molar-refractivity contribution in [1.82, 2.24) is 5.32 Å². The second kappa shape index (κ2) is 6.73. The molecule has 2 atom stereocenters. The number of anilines is 1. The van der Waals surface area contributed by atoms with Crippen LogP contribution in [0.3, 0.4) is 0 Å². The van der Waals surface area contributed by atoms with Crippen LogP contribution in [0.25, 0.3) is 0 Å². The zero-order valence-electron chi connectivity index (χ0n) is 10.8. The topological polar surface area (TPSA) is 78.4 Å². The van der Waals surface area contributed by atoms with Crippen molar-refractivity contribution in [3.05, 3.63) is 27.2 Å². The molecule has 3 N–H and O–H groups in total. The van der Waals surface area contributed by atoms with Crippen molar-refractivity contribution in [1.29, 1.82) is 0 Å². The largest absolute Gasteiger partial charge is 0.481 e. The van der Waals surface area contributed by atoms with Gasteiger partial charge in [-0.1, -0.05) is 34.8 Å². The molecule has 1 aromatic rings. The second-order valence-electron chi connectivity index (χ2n) is 4.89. The first-order valence-corrected chi connectivity index (χ1v) is 7.45. The van der Waals surface area contributed by atoms with E-state index in [2.05, 4.69) is 10.6 Å². The normalized spacial score (nSPS) is 21.1. The fraction of sp³-hybridized carbons (Fsp3) is 0.385. The number of rotatable bonds is 3. The number of carboxylic acid groups (broad SMARTS) is 1. The van der Waals surface area contributed by atoms with Crippen molar-refractivity contribution < 1.29 is 14.7 Å². The zero-order valence-corrected chi connectivity index (χ0v) is 13.1. The molecule has 0 radical (unpaired) electrons. The molecule has 0 aromatic heterocycles. The van der Waals surface area contributed by atoms with Crippen LogP contribution in [0.2, 0.25) is 15.1 Å². The van der Waals surface area contributed by atoms with Crippen LogP contribution in [-0.4, -0.2) is 23.1 Å². The average Bonchev–Trinajstić information content (AvgIpc) is 2.84. The molecule has 21 heavy (non-hydrogen) atoms. The summed E-state index contributed by atoms with van der Waals surface area (Å²) in [6.45, 7) is 0. The van der Waals surface area contributed by atoms with Crippen molar-refractivity contribution in [3.8, 4) is 0 Å². The number of amides is 2. The second-order valence-corrected chi connectivity index (χ2v) is 6.11. The summed E-state index contributed by atoms with van der Waals surface area (Å²) in [7, 11) is 0. The van der Waals surface area contributed by atoms with Crippen LogP contribution < -0.4 is 10.6 Å². The Morgan fingerprint density at radius 3 is 2.38 bits per heavy atom. The van der Waals surface area contributed by atoms with Gasteiger partial charge < -0.3 is 15.7 Å². The number of carbonyl (C=O) groups excluding carboxylic acids is 1. The number of aliphatic carboxylic acids is 1. The Morgan fingerprint density at radius 1 is 1.10 bits per heavy atom. The van der Waals surface area contributed by atoms with Crippen molar-refractivity contribution in [2.45, 2.75) is 25.3 Å². The van der Waals surface area contributed by atoms with Crippen LogP contribution in [0.15, 0.2) is 12.1 Å². The highest BCUT2D eigenvalue weighted by atomic mass is 35.5. The first-order chi connectivity index (χ1) is 9.86. The molecular weight excluding hydrogens is 339 g/mol. The highest BCUT2D eigenvalue weighted by Crippen LogP contribution is 2.32. The molecule has 114 valence electrons. The number of urea groups is 1. The van der Waals surface area contributed by atoms with Gasteiger partial charge in [-0.3, -0.25) is 4.79 Å². The van der Waals surface area contributed by atoms with E-state index < -0.39 is 17.9 Å². The first kappa shape index (κ1) is 16.2. The van der Waals surface area contributed by atoms with E-state index in [1.165, 1.54) is 12.1 Å². The van der Waals surface area contributed by atoms with Crippen molar-refractivity contribution in [2.24, 2.45) is 5.92 Å². The molecule has 1 aromatic carbocycles. The Bertz CT molecular complexity index is 580. The lowest BCUT2D eigenvalue weighted by Gasteiger charge is -2.14. The molecule has 0 heterocycles. The maximum absolute atomic E-state index is 11.9. The SMILES string of the molecule is O=C(Nc1cc(Cl)c(Cl)cc1Cl)N[C@H]1CC[C@@H](C(=O)O)C1. The van der Waals surface area contributed by atoms with Gasteiger partial charge in [0.1, 0.15) is 0 Å². The minimum absolute atomic E-state index is 0.160. The average molecular weight is 352 g/mol. The van der Waals surface area contributed by atoms with E-state index in [-0.39, 0.29) is 16.1 Å². The molecule has 1 saturated carbocycles. The molecule has 1 fully saturated rings. The van der Waals surface area contributed by atoms with E-state index in [1.54, 1.807) is 0 Å². The lowest BCUT2D eigenvalue weighted by molar-refractivity contribution is -0.141. The highest BCUT2D eigenvalue weighted by Gasteiger charge is 2.30. The Balaban J connectivity index is 1.94. The minimum atomic E-state index is -0.827. The zero-order chi connectivity index (χ0) is 15.6. The van der Waals surface area contributed by atoms with Crippen LogP contribution in [0, 0.1) is 5.92 Å². The van der Waals surface area contributed by atoms with Gasteiger partial charge in [-0.2, -0.15) is 0 Å². The summed E-state index contributed by atoms with van der Waals surface area (Å²) in [5.41, 5.74) is 0.344. The summed E-state index contributed by atoms with van der Waals surface area (Å²) >= 11 is 17.6. The smallest absolute Gasteiger partial charge is 0.319 e. The molecule has 2 rings (SSSR count). The fourth-order valence-corrected chi connectivity index (χ4v) is 2.89. The minimum Gasteiger partial charge on any atom is -0.481 e. The van der Waals surface area contributed by atoms with Gasteiger partial charge in [0, 0.05) is 6.04 Å². The Kier molecular flexibility index (Phi) is 5.19. The molecule has 0 unspecified atom stereocenters. The van der Waals surface area contributed by atoms with Gasteiger partial charge in [-0.05, 0) is 31.4 Å². The van der Waals surface area contributed by atoms with Gasteiger partial charge >= 0.3 is 12.0 Å². The monoisotopic (exact) mass is 350 g/mol. The number of carbonyl (C=O) groups is 2.